The van der Waals surface area contributed by atoms with E-state index >= 15 is 0 Å². The summed E-state index contributed by atoms with van der Waals surface area (Å²) in [5.74, 6) is 2.97. The van der Waals surface area contributed by atoms with Gasteiger partial charge in [-0.15, -0.1) is 0 Å². The Bertz CT molecular complexity index is 1050. The molecule has 0 radical (unpaired) electrons. The van der Waals surface area contributed by atoms with Crippen LogP contribution in [0.25, 0.3) is 5.65 Å². The molecule has 1 unspecified atom stereocenters. The highest BCUT2D eigenvalue weighted by Crippen LogP contribution is 2.40. The minimum atomic E-state index is 0.326. The van der Waals surface area contributed by atoms with Crippen LogP contribution in [-0.2, 0) is 6.54 Å². The van der Waals surface area contributed by atoms with Crippen LogP contribution in [0.3, 0.4) is 0 Å². The van der Waals surface area contributed by atoms with Crippen LogP contribution in [0.4, 0.5) is 5.82 Å². The van der Waals surface area contributed by atoms with Crippen molar-refractivity contribution in [3.8, 4) is 17.2 Å². The molecule has 0 aliphatic carbocycles. The molecular weight excluding hydrogens is 382 g/mol. The summed E-state index contributed by atoms with van der Waals surface area (Å²) < 4.78 is 18.3. The Kier molecular flexibility index (Phi) is 5.67. The van der Waals surface area contributed by atoms with Gasteiger partial charge in [-0.1, -0.05) is 6.07 Å². The van der Waals surface area contributed by atoms with Crippen molar-refractivity contribution in [2.24, 2.45) is 0 Å². The van der Waals surface area contributed by atoms with Gasteiger partial charge >= 0.3 is 0 Å². The van der Waals surface area contributed by atoms with E-state index in [0.29, 0.717) is 23.2 Å². The first-order chi connectivity index (χ1) is 14.5. The third-order valence-electron chi connectivity index (χ3n) is 5.70. The van der Waals surface area contributed by atoms with E-state index < -0.39 is 0 Å². The SMILES string of the molecule is COc1ccc(CN2CCCC(c3cc(N)n4nc(C)cc4n3)C2)c(OC)c1OC. The number of hydrogen-bond acceptors (Lipinski definition) is 7. The lowest BCUT2D eigenvalue weighted by atomic mass is 9.94. The minimum Gasteiger partial charge on any atom is -0.493 e. The van der Waals surface area contributed by atoms with E-state index in [2.05, 4.69) is 10.00 Å². The molecule has 3 aromatic rings. The number of anilines is 1. The highest BCUT2D eigenvalue weighted by atomic mass is 16.5. The lowest BCUT2D eigenvalue weighted by Gasteiger charge is -2.33. The summed E-state index contributed by atoms with van der Waals surface area (Å²) in [5, 5.41) is 4.40. The summed E-state index contributed by atoms with van der Waals surface area (Å²) in [6.07, 6.45) is 2.20. The van der Waals surface area contributed by atoms with Gasteiger partial charge in [0.1, 0.15) is 5.82 Å². The lowest BCUT2D eigenvalue weighted by molar-refractivity contribution is 0.195. The van der Waals surface area contributed by atoms with E-state index in [1.54, 1.807) is 25.8 Å². The second-order valence-electron chi connectivity index (χ2n) is 7.73. The Morgan fingerprint density at radius 1 is 1.10 bits per heavy atom. The number of piperidine rings is 1. The highest BCUT2D eigenvalue weighted by molar-refractivity contribution is 5.55. The Hall–Kier alpha value is -3.00. The molecule has 2 aromatic heterocycles. The molecule has 160 valence electrons. The van der Waals surface area contributed by atoms with E-state index in [4.69, 9.17) is 24.9 Å². The summed E-state index contributed by atoms with van der Waals surface area (Å²) in [7, 11) is 4.92. The molecule has 0 amide bonds. The van der Waals surface area contributed by atoms with E-state index in [-0.39, 0.29) is 0 Å². The molecule has 8 heteroatoms. The lowest BCUT2D eigenvalue weighted by Crippen LogP contribution is -2.34. The van der Waals surface area contributed by atoms with Crippen molar-refractivity contribution in [1.82, 2.24) is 19.5 Å². The predicted octanol–water partition coefficient (Wildman–Crippen LogP) is 3.03. The molecule has 1 aromatic carbocycles. The van der Waals surface area contributed by atoms with Crippen molar-refractivity contribution in [3.05, 3.63) is 41.2 Å². The van der Waals surface area contributed by atoms with Crippen LogP contribution in [0, 0.1) is 6.92 Å². The van der Waals surface area contributed by atoms with Crippen LogP contribution in [0.5, 0.6) is 17.2 Å². The quantitative estimate of drug-likeness (QED) is 0.667. The topological polar surface area (TPSA) is 87.1 Å². The van der Waals surface area contributed by atoms with Crippen LogP contribution in [0.2, 0.25) is 0 Å². The van der Waals surface area contributed by atoms with Gasteiger partial charge in [0.05, 0.1) is 32.7 Å². The average Bonchev–Trinajstić information content (AvgIpc) is 3.14. The number of methoxy groups -OCH3 is 3. The van der Waals surface area contributed by atoms with E-state index in [9.17, 15) is 0 Å². The zero-order valence-corrected chi connectivity index (χ0v) is 18.0. The number of rotatable bonds is 6. The molecule has 1 saturated heterocycles. The van der Waals surface area contributed by atoms with Crippen molar-refractivity contribution in [2.45, 2.75) is 32.2 Å². The first-order valence-corrected chi connectivity index (χ1v) is 10.2. The summed E-state index contributed by atoms with van der Waals surface area (Å²) in [4.78, 5) is 7.27. The fraction of sp³-hybridized carbons (Fsp3) is 0.455. The maximum Gasteiger partial charge on any atom is 0.203 e. The maximum atomic E-state index is 6.24. The van der Waals surface area contributed by atoms with Gasteiger partial charge in [-0.25, -0.2) is 4.98 Å². The Labute approximate surface area is 176 Å². The fourth-order valence-electron chi connectivity index (χ4n) is 4.31. The van der Waals surface area contributed by atoms with Crippen molar-refractivity contribution in [1.29, 1.82) is 0 Å². The summed E-state index contributed by atoms with van der Waals surface area (Å²) >= 11 is 0. The fourth-order valence-corrected chi connectivity index (χ4v) is 4.31. The number of nitrogens with two attached hydrogens (primary N) is 1. The number of hydrogen-bond donors (Lipinski definition) is 1. The van der Waals surface area contributed by atoms with Gasteiger partial charge in [0.15, 0.2) is 17.1 Å². The van der Waals surface area contributed by atoms with Gasteiger partial charge in [0.25, 0.3) is 0 Å². The molecule has 0 bridgehead atoms. The van der Waals surface area contributed by atoms with Crippen molar-refractivity contribution in [3.63, 3.8) is 0 Å². The Morgan fingerprint density at radius 3 is 2.63 bits per heavy atom. The molecule has 3 heterocycles. The number of ether oxygens (including phenoxy) is 3. The molecule has 4 rings (SSSR count). The maximum absolute atomic E-state index is 6.24. The number of benzene rings is 1. The summed E-state index contributed by atoms with van der Waals surface area (Å²) in [6.45, 7) is 4.65. The zero-order chi connectivity index (χ0) is 21.3. The van der Waals surface area contributed by atoms with Gasteiger partial charge in [0, 0.05) is 36.7 Å². The minimum absolute atomic E-state index is 0.326. The van der Waals surface area contributed by atoms with Crippen LogP contribution < -0.4 is 19.9 Å². The standard InChI is InChI=1S/C22H29N5O3/c1-14-10-20-24-17(11-19(23)27(20)25-14)15-6-5-9-26(12-15)13-16-7-8-18(28-2)22(30-4)21(16)29-3/h7-8,10-11,15H,5-6,9,12-13,23H2,1-4H3. The molecule has 0 spiro atoms. The molecule has 1 fully saturated rings. The van der Waals surface area contributed by atoms with Gasteiger partial charge in [0.2, 0.25) is 5.75 Å². The molecule has 2 N–H and O–H groups in total. The number of likely N-dealkylation sites (tertiary alicyclic amines) is 1. The summed E-state index contributed by atoms with van der Waals surface area (Å²) in [5.41, 5.74) is 10.1. The normalized spacial score (nSPS) is 17.3. The second kappa shape index (κ2) is 8.39. The third-order valence-corrected chi connectivity index (χ3v) is 5.70. The molecule has 1 atom stereocenters. The first-order valence-electron chi connectivity index (χ1n) is 10.2. The summed E-state index contributed by atoms with van der Waals surface area (Å²) in [6, 6.07) is 7.90. The Balaban J connectivity index is 1.57. The van der Waals surface area contributed by atoms with Crippen molar-refractivity contribution >= 4 is 11.5 Å². The predicted molar refractivity (Wildman–Crippen MR) is 115 cm³/mol. The number of nitrogens with zero attached hydrogens (tertiary/aromatic N) is 4. The first kappa shape index (κ1) is 20.3. The van der Waals surface area contributed by atoms with Gasteiger partial charge in [-0.3, -0.25) is 4.90 Å². The number of aromatic nitrogens is 3. The molecular formula is C22H29N5O3. The number of fused-ring (bicyclic) bond motifs is 1. The highest BCUT2D eigenvalue weighted by Gasteiger charge is 2.25. The van der Waals surface area contributed by atoms with Crippen LogP contribution in [0.1, 0.15) is 35.7 Å². The average molecular weight is 412 g/mol. The van der Waals surface area contributed by atoms with Crippen LogP contribution in [0.15, 0.2) is 24.3 Å². The van der Waals surface area contributed by atoms with Gasteiger partial charge < -0.3 is 19.9 Å². The smallest absolute Gasteiger partial charge is 0.203 e. The van der Waals surface area contributed by atoms with Crippen LogP contribution in [-0.4, -0.2) is 53.9 Å². The van der Waals surface area contributed by atoms with E-state index in [1.165, 1.54) is 0 Å². The Morgan fingerprint density at radius 2 is 1.90 bits per heavy atom. The van der Waals surface area contributed by atoms with Gasteiger partial charge in [-0.2, -0.15) is 9.61 Å². The van der Waals surface area contributed by atoms with Gasteiger partial charge in [-0.05, 0) is 32.4 Å². The third kappa shape index (κ3) is 3.75. The van der Waals surface area contributed by atoms with Crippen molar-refractivity contribution in [2.75, 3.05) is 40.2 Å². The molecule has 1 aliphatic heterocycles. The largest absolute Gasteiger partial charge is 0.493 e. The molecule has 30 heavy (non-hydrogen) atoms. The monoisotopic (exact) mass is 411 g/mol. The van der Waals surface area contributed by atoms with E-state index in [1.807, 2.05) is 31.2 Å². The molecule has 1 aliphatic rings. The zero-order valence-electron chi connectivity index (χ0n) is 18.0. The van der Waals surface area contributed by atoms with E-state index in [0.717, 1.165) is 60.8 Å². The van der Waals surface area contributed by atoms with Crippen LogP contribution >= 0.6 is 0 Å². The molecule has 0 saturated carbocycles. The second-order valence-corrected chi connectivity index (χ2v) is 7.73. The number of nitrogen functional groups attached to an aromatic ring is 1. The molecule has 8 nitrogen and oxygen atoms in total. The number of aryl methyl sites for hydroxylation is 1. The van der Waals surface area contributed by atoms with Crippen molar-refractivity contribution < 1.29 is 14.2 Å².